The maximum Gasteiger partial charge on any atom is 0.408 e. The monoisotopic (exact) mass is 256 g/mol. The van der Waals surface area contributed by atoms with Crippen molar-refractivity contribution in [3.63, 3.8) is 0 Å². The molecule has 2 N–H and O–H groups in total. The van der Waals surface area contributed by atoms with E-state index in [-0.39, 0.29) is 12.0 Å². The van der Waals surface area contributed by atoms with Gasteiger partial charge in [-0.15, -0.1) is 0 Å². The molecule has 102 valence electrons. The van der Waals surface area contributed by atoms with E-state index in [1.807, 2.05) is 0 Å². The molecule has 6 nitrogen and oxygen atoms in total. The van der Waals surface area contributed by atoms with Gasteiger partial charge in [-0.25, -0.2) is 9.59 Å². The molecular weight excluding hydrogens is 236 g/mol. The number of carbonyl (C=O) groups excluding carboxylic acids is 1. The summed E-state index contributed by atoms with van der Waals surface area (Å²) in [5.41, 5.74) is -0.0406. The zero-order valence-corrected chi connectivity index (χ0v) is 10.6. The third-order valence-electron chi connectivity index (χ3n) is 3.98. The molecule has 6 heteroatoms. The molecule has 0 saturated carbocycles. The number of nitrogens with one attached hydrogen (secondary N) is 1. The van der Waals surface area contributed by atoms with Gasteiger partial charge in [-0.2, -0.15) is 0 Å². The maximum atomic E-state index is 11.8. The SMILES string of the molecule is CCOC(=O)C1CC2(CCNCC2)CN1C(=O)O. The van der Waals surface area contributed by atoms with Crippen LogP contribution in [0.3, 0.4) is 0 Å². The third-order valence-corrected chi connectivity index (χ3v) is 3.98. The van der Waals surface area contributed by atoms with Gasteiger partial charge >= 0.3 is 12.1 Å². The van der Waals surface area contributed by atoms with Gasteiger partial charge in [-0.3, -0.25) is 4.90 Å². The van der Waals surface area contributed by atoms with Gasteiger partial charge in [0, 0.05) is 6.54 Å². The summed E-state index contributed by atoms with van der Waals surface area (Å²) in [6.07, 6.45) is 1.42. The van der Waals surface area contributed by atoms with Gasteiger partial charge in [-0.05, 0) is 44.7 Å². The fraction of sp³-hybridized carbons (Fsp3) is 0.833. The minimum atomic E-state index is -1.02. The van der Waals surface area contributed by atoms with Crippen LogP contribution < -0.4 is 5.32 Å². The van der Waals surface area contributed by atoms with Crippen LogP contribution in [0.5, 0.6) is 0 Å². The molecule has 0 radical (unpaired) electrons. The molecule has 1 unspecified atom stereocenters. The predicted octanol–water partition coefficient (Wildman–Crippen LogP) is 0.672. The molecule has 1 spiro atoms. The van der Waals surface area contributed by atoms with Crippen LogP contribution in [0.25, 0.3) is 0 Å². The van der Waals surface area contributed by atoms with Gasteiger partial charge in [0.05, 0.1) is 6.61 Å². The Morgan fingerprint density at radius 3 is 2.67 bits per heavy atom. The van der Waals surface area contributed by atoms with Crippen molar-refractivity contribution in [3.05, 3.63) is 0 Å². The van der Waals surface area contributed by atoms with Gasteiger partial charge < -0.3 is 15.2 Å². The lowest BCUT2D eigenvalue weighted by molar-refractivity contribution is -0.147. The number of esters is 1. The number of amides is 1. The molecule has 0 aliphatic carbocycles. The predicted molar refractivity (Wildman–Crippen MR) is 64.3 cm³/mol. The van der Waals surface area contributed by atoms with E-state index in [0.29, 0.717) is 13.0 Å². The number of rotatable bonds is 2. The molecule has 1 amide bonds. The first-order valence-corrected chi connectivity index (χ1v) is 6.45. The average molecular weight is 256 g/mol. The Morgan fingerprint density at radius 1 is 1.44 bits per heavy atom. The highest BCUT2D eigenvalue weighted by Crippen LogP contribution is 2.42. The van der Waals surface area contributed by atoms with Crippen molar-refractivity contribution in [1.82, 2.24) is 10.2 Å². The lowest BCUT2D eigenvalue weighted by Gasteiger charge is -2.33. The molecule has 2 rings (SSSR count). The number of nitrogens with zero attached hydrogens (tertiary/aromatic N) is 1. The average Bonchev–Trinajstić information content (AvgIpc) is 2.70. The van der Waals surface area contributed by atoms with Crippen molar-refractivity contribution < 1.29 is 19.4 Å². The summed E-state index contributed by atoms with van der Waals surface area (Å²) < 4.78 is 4.98. The van der Waals surface area contributed by atoms with E-state index in [9.17, 15) is 14.7 Å². The van der Waals surface area contributed by atoms with E-state index in [1.165, 1.54) is 4.90 Å². The second-order valence-electron chi connectivity index (χ2n) is 5.13. The van der Waals surface area contributed by atoms with Crippen LogP contribution in [0.2, 0.25) is 0 Å². The van der Waals surface area contributed by atoms with Crippen LogP contribution in [-0.2, 0) is 9.53 Å². The minimum Gasteiger partial charge on any atom is -0.465 e. The van der Waals surface area contributed by atoms with Crippen molar-refractivity contribution in [1.29, 1.82) is 0 Å². The van der Waals surface area contributed by atoms with Gasteiger partial charge in [0.1, 0.15) is 6.04 Å². The van der Waals surface area contributed by atoms with Crippen molar-refractivity contribution >= 4 is 12.1 Å². The fourth-order valence-electron chi connectivity index (χ4n) is 3.03. The van der Waals surface area contributed by atoms with Gasteiger partial charge in [0.15, 0.2) is 0 Å². The van der Waals surface area contributed by atoms with Crippen LogP contribution in [0.4, 0.5) is 4.79 Å². The quantitative estimate of drug-likeness (QED) is 0.710. The molecule has 1 atom stereocenters. The van der Waals surface area contributed by atoms with E-state index < -0.39 is 18.1 Å². The molecule has 0 aromatic rings. The number of piperidine rings is 1. The number of hydrogen-bond acceptors (Lipinski definition) is 4. The number of carboxylic acid groups (broad SMARTS) is 1. The largest absolute Gasteiger partial charge is 0.465 e. The highest BCUT2D eigenvalue weighted by Gasteiger charge is 2.49. The van der Waals surface area contributed by atoms with Gasteiger partial charge in [0.2, 0.25) is 0 Å². The number of likely N-dealkylation sites (tertiary alicyclic amines) is 1. The standard InChI is InChI=1S/C12H20N2O4/c1-2-18-10(15)9-7-12(3-5-13-6-4-12)8-14(9)11(16)17/h9,13H,2-8H2,1H3,(H,16,17). The van der Waals surface area contributed by atoms with Crippen LogP contribution >= 0.6 is 0 Å². The lowest BCUT2D eigenvalue weighted by Crippen LogP contribution is -2.41. The molecule has 0 aromatic carbocycles. The maximum absolute atomic E-state index is 11.8. The molecule has 2 saturated heterocycles. The summed E-state index contributed by atoms with van der Waals surface area (Å²) in [7, 11) is 0. The zero-order chi connectivity index (χ0) is 13.2. The van der Waals surface area contributed by atoms with Crippen LogP contribution in [0.15, 0.2) is 0 Å². The van der Waals surface area contributed by atoms with E-state index in [1.54, 1.807) is 6.92 Å². The summed E-state index contributed by atoms with van der Waals surface area (Å²) in [5, 5.41) is 12.5. The first kappa shape index (κ1) is 13.1. The molecule has 18 heavy (non-hydrogen) atoms. The lowest BCUT2D eigenvalue weighted by atomic mass is 9.77. The normalized spacial score (nSPS) is 26.3. The van der Waals surface area contributed by atoms with Crippen LogP contribution in [0, 0.1) is 5.41 Å². The second kappa shape index (κ2) is 5.14. The van der Waals surface area contributed by atoms with Crippen molar-refractivity contribution in [2.45, 2.75) is 32.2 Å². The molecular formula is C12H20N2O4. The molecule has 2 aliphatic rings. The van der Waals surface area contributed by atoms with Crippen LogP contribution in [0.1, 0.15) is 26.2 Å². The molecule has 2 fully saturated rings. The summed E-state index contributed by atoms with van der Waals surface area (Å²) in [5.74, 6) is -0.407. The Morgan fingerprint density at radius 2 is 2.11 bits per heavy atom. The molecule has 0 bridgehead atoms. The summed E-state index contributed by atoms with van der Waals surface area (Å²) in [4.78, 5) is 24.3. The molecule has 2 heterocycles. The van der Waals surface area contributed by atoms with E-state index in [4.69, 9.17) is 4.74 Å². The summed E-state index contributed by atoms with van der Waals surface area (Å²) >= 11 is 0. The van der Waals surface area contributed by atoms with Gasteiger partial charge in [0.25, 0.3) is 0 Å². The number of hydrogen-bond donors (Lipinski definition) is 2. The number of carbonyl (C=O) groups is 2. The molecule has 0 aromatic heterocycles. The van der Waals surface area contributed by atoms with E-state index in [0.717, 1.165) is 25.9 Å². The first-order valence-electron chi connectivity index (χ1n) is 6.45. The highest BCUT2D eigenvalue weighted by atomic mass is 16.5. The highest BCUT2D eigenvalue weighted by molar-refractivity contribution is 5.81. The van der Waals surface area contributed by atoms with Crippen molar-refractivity contribution in [2.75, 3.05) is 26.2 Å². The van der Waals surface area contributed by atoms with Crippen LogP contribution in [-0.4, -0.2) is 54.4 Å². The Hall–Kier alpha value is -1.30. The number of ether oxygens (including phenoxy) is 1. The van der Waals surface area contributed by atoms with E-state index >= 15 is 0 Å². The minimum absolute atomic E-state index is 0.0406. The fourth-order valence-corrected chi connectivity index (χ4v) is 3.03. The second-order valence-corrected chi connectivity index (χ2v) is 5.13. The molecule has 2 aliphatic heterocycles. The summed E-state index contributed by atoms with van der Waals surface area (Å²) in [6, 6.07) is -0.624. The third kappa shape index (κ3) is 2.43. The smallest absolute Gasteiger partial charge is 0.408 e. The van der Waals surface area contributed by atoms with Gasteiger partial charge in [-0.1, -0.05) is 0 Å². The van der Waals surface area contributed by atoms with Crippen molar-refractivity contribution in [3.8, 4) is 0 Å². The zero-order valence-electron chi connectivity index (χ0n) is 10.6. The Balaban J connectivity index is 2.12. The summed E-state index contributed by atoms with van der Waals surface area (Å²) in [6.45, 7) is 4.26. The van der Waals surface area contributed by atoms with Crippen molar-refractivity contribution in [2.24, 2.45) is 5.41 Å². The Labute approximate surface area is 106 Å². The Kier molecular flexibility index (Phi) is 3.75. The van der Waals surface area contributed by atoms with E-state index in [2.05, 4.69) is 5.32 Å². The Bertz CT molecular complexity index is 339. The first-order chi connectivity index (χ1) is 8.58. The topological polar surface area (TPSA) is 78.9 Å².